The minimum absolute atomic E-state index is 0.0119. The molecule has 0 aliphatic carbocycles. The molecule has 0 atom stereocenters. The largest absolute Gasteiger partial charge is 0.350 e. The summed E-state index contributed by atoms with van der Waals surface area (Å²) in [6.07, 6.45) is 0. The highest BCUT2D eigenvalue weighted by Gasteiger charge is 2.21. The predicted octanol–water partition coefficient (Wildman–Crippen LogP) is 2.95. The number of aryl methyl sites for hydroxylation is 1. The first kappa shape index (κ1) is 23.4. The second-order valence-corrected chi connectivity index (χ2v) is 9.27. The van der Waals surface area contributed by atoms with E-state index in [0.717, 1.165) is 16.9 Å². The molecule has 2 N–H and O–H groups in total. The van der Waals surface area contributed by atoms with Crippen LogP contribution in [0.4, 0.5) is 0 Å². The lowest BCUT2D eigenvalue weighted by atomic mass is 10.0. The number of carbonyl (C=O) groups is 1. The van der Waals surface area contributed by atoms with Gasteiger partial charge in [0, 0.05) is 25.3 Å². The normalized spacial score (nSPS) is 11.7. The Morgan fingerprint density at radius 2 is 1.82 bits per heavy atom. The average Bonchev–Trinajstić information content (AvgIpc) is 3.10. The molecule has 9 nitrogen and oxygen atoms in total. The maximum absolute atomic E-state index is 13.3. The molecule has 0 radical (unpaired) electrons. The molecule has 0 saturated heterocycles. The number of aromatic nitrogens is 5. The van der Waals surface area contributed by atoms with Gasteiger partial charge in [-0.3, -0.25) is 19.1 Å². The van der Waals surface area contributed by atoms with E-state index in [1.54, 1.807) is 6.07 Å². The van der Waals surface area contributed by atoms with Crippen molar-refractivity contribution in [3.8, 4) is 0 Å². The number of fused-ring (bicyclic) bond motifs is 2. The van der Waals surface area contributed by atoms with E-state index in [0.29, 0.717) is 25.3 Å². The van der Waals surface area contributed by atoms with Crippen LogP contribution < -0.4 is 16.6 Å². The molecule has 0 aliphatic rings. The number of amides is 1. The molecule has 4 aromatic rings. The zero-order valence-corrected chi connectivity index (χ0v) is 20.2. The first-order chi connectivity index (χ1) is 16.2. The average molecular weight is 463 g/mol. The lowest BCUT2D eigenvalue weighted by Gasteiger charge is -2.16. The molecule has 4 rings (SSSR count). The Labute approximate surface area is 196 Å². The number of aromatic amines is 1. The summed E-state index contributed by atoms with van der Waals surface area (Å²) in [6.45, 7) is 11.1. The SMILES string of the molecule is Cc1nc2ccccc2n1CCNC(=O)c1cc(C(C)C)nc2c1c(=O)[nH]c(=O)n2CC(C)C. The highest BCUT2D eigenvalue weighted by Crippen LogP contribution is 2.20. The van der Waals surface area contributed by atoms with Crippen molar-refractivity contribution in [1.82, 2.24) is 29.4 Å². The van der Waals surface area contributed by atoms with E-state index >= 15 is 0 Å². The summed E-state index contributed by atoms with van der Waals surface area (Å²) in [5.74, 6) is 0.650. The lowest BCUT2D eigenvalue weighted by molar-refractivity contribution is 0.0953. The minimum atomic E-state index is -0.607. The van der Waals surface area contributed by atoms with Gasteiger partial charge in [0.1, 0.15) is 5.82 Å². The Balaban J connectivity index is 1.71. The maximum Gasteiger partial charge on any atom is 0.330 e. The summed E-state index contributed by atoms with van der Waals surface area (Å²) < 4.78 is 3.50. The van der Waals surface area contributed by atoms with E-state index in [1.165, 1.54) is 4.57 Å². The predicted molar refractivity (Wildman–Crippen MR) is 132 cm³/mol. The van der Waals surface area contributed by atoms with Crippen molar-refractivity contribution in [2.24, 2.45) is 5.92 Å². The van der Waals surface area contributed by atoms with E-state index in [1.807, 2.05) is 63.5 Å². The lowest BCUT2D eigenvalue weighted by Crippen LogP contribution is -2.35. The van der Waals surface area contributed by atoms with Crippen LogP contribution in [0.2, 0.25) is 0 Å². The molecular weight excluding hydrogens is 432 g/mol. The molecule has 178 valence electrons. The van der Waals surface area contributed by atoms with Crippen LogP contribution in [0.15, 0.2) is 39.9 Å². The summed E-state index contributed by atoms with van der Waals surface area (Å²) in [6, 6.07) is 9.50. The number of benzene rings is 1. The Morgan fingerprint density at radius 1 is 1.09 bits per heavy atom. The molecule has 1 aromatic carbocycles. The summed E-state index contributed by atoms with van der Waals surface area (Å²) >= 11 is 0. The van der Waals surface area contributed by atoms with Crippen molar-refractivity contribution in [1.29, 1.82) is 0 Å². The Bertz CT molecular complexity index is 1490. The molecule has 0 spiro atoms. The fourth-order valence-corrected chi connectivity index (χ4v) is 4.16. The zero-order chi connectivity index (χ0) is 24.6. The molecule has 0 unspecified atom stereocenters. The van der Waals surface area contributed by atoms with Gasteiger partial charge >= 0.3 is 5.69 Å². The summed E-state index contributed by atoms with van der Waals surface area (Å²) in [5.41, 5.74) is 1.90. The van der Waals surface area contributed by atoms with Crippen LogP contribution in [0.1, 0.15) is 55.5 Å². The molecular formula is C25H30N6O3. The molecule has 1 amide bonds. The van der Waals surface area contributed by atoms with Crippen molar-refractivity contribution in [2.75, 3.05) is 6.54 Å². The fraction of sp³-hybridized carbons (Fsp3) is 0.400. The van der Waals surface area contributed by atoms with Gasteiger partial charge in [-0.05, 0) is 37.0 Å². The molecule has 3 heterocycles. The van der Waals surface area contributed by atoms with E-state index in [4.69, 9.17) is 0 Å². The van der Waals surface area contributed by atoms with Crippen molar-refractivity contribution in [3.63, 3.8) is 0 Å². The number of imidazole rings is 1. The van der Waals surface area contributed by atoms with Crippen molar-refractivity contribution >= 4 is 28.0 Å². The number of hydrogen-bond acceptors (Lipinski definition) is 5. The first-order valence-corrected chi connectivity index (χ1v) is 11.5. The van der Waals surface area contributed by atoms with Crippen LogP contribution in [-0.4, -0.2) is 36.5 Å². The molecule has 0 fully saturated rings. The number of carbonyl (C=O) groups excluding carboxylic acids is 1. The van der Waals surface area contributed by atoms with Gasteiger partial charge in [-0.1, -0.05) is 39.8 Å². The maximum atomic E-state index is 13.3. The van der Waals surface area contributed by atoms with Crippen LogP contribution in [0.3, 0.4) is 0 Å². The van der Waals surface area contributed by atoms with Gasteiger partial charge in [0.25, 0.3) is 11.5 Å². The molecule has 3 aromatic heterocycles. The van der Waals surface area contributed by atoms with Crippen molar-refractivity contribution < 1.29 is 4.79 Å². The second kappa shape index (κ2) is 9.24. The third-order valence-corrected chi connectivity index (χ3v) is 5.82. The van der Waals surface area contributed by atoms with Gasteiger partial charge in [-0.25, -0.2) is 14.8 Å². The number of nitrogens with one attached hydrogen (secondary N) is 2. The van der Waals surface area contributed by atoms with Crippen LogP contribution in [0.25, 0.3) is 22.1 Å². The van der Waals surface area contributed by atoms with E-state index in [2.05, 4.69) is 20.3 Å². The monoisotopic (exact) mass is 462 g/mol. The van der Waals surface area contributed by atoms with Gasteiger partial charge in [-0.2, -0.15) is 0 Å². The van der Waals surface area contributed by atoms with Crippen molar-refractivity contribution in [3.05, 3.63) is 68.3 Å². The van der Waals surface area contributed by atoms with Crippen LogP contribution in [-0.2, 0) is 13.1 Å². The number of nitrogens with zero attached hydrogens (tertiary/aromatic N) is 4. The number of hydrogen-bond donors (Lipinski definition) is 2. The highest BCUT2D eigenvalue weighted by molar-refractivity contribution is 6.05. The van der Waals surface area contributed by atoms with Gasteiger partial charge in [0.2, 0.25) is 0 Å². The van der Waals surface area contributed by atoms with Gasteiger partial charge in [0.05, 0.1) is 22.0 Å². The summed E-state index contributed by atoms with van der Waals surface area (Å²) in [5, 5.41) is 3.06. The number of rotatable bonds is 7. The second-order valence-electron chi connectivity index (χ2n) is 9.27. The highest BCUT2D eigenvalue weighted by atomic mass is 16.2. The Hall–Kier alpha value is -3.75. The minimum Gasteiger partial charge on any atom is -0.350 e. The number of H-pyrrole nitrogens is 1. The number of pyridine rings is 1. The van der Waals surface area contributed by atoms with E-state index in [9.17, 15) is 14.4 Å². The molecule has 34 heavy (non-hydrogen) atoms. The van der Waals surface area contributed by atoms with Crippen LogP contribution in [0, 0.1) is 12.8 Å². The van der Waals surface area contributed by atoms with Crippen molar-refractivity contribution in [2.45, 2.75) is 53.6 Å². The van der Waals surface area contributed by atoms with E-state index in [-0.39, 0.29) is 34.3 Å². The third kappa shape index (κ3) is 4.37. The fourth-order valence-electron chi connectivity index (χ4n) is 4.16. The molecule has 0 aliphatic heterocycles. The van der Waals surface area contributed by atoms with Gasteiger partial charge < -0.3 is 9.88 Å². The Kier molecular flexibility index (Phi) is 6.37. The van der Waals surface area contributed by atoms with E-state index < -0.39 is 11.2 Å². The standard InChI is InChI=1S/C25H30N6O3/c1-14(2)13-31-22-21(24(33)29-25(31)34)17(12-19(28-22)15(3)4)23(32)26-10-11-30-16(5)27-18-8-6-7-9-20(18)30/h6-9,12,14-15H,10-11,13H2,1-5H3,(H,26,32)(H,29,33,34). The van der Waals surface area contributed by atoms with Crippen LogP contribution >= 0.6 is 0 Å². The first-order valence-electron chi connectivity index (χ1n) is 11.5. The topological polar surface area (TPSA) is 115 Å². The quantitative estimate of drug-likeness (QED) is 0.438. The zero-order valence-electron chi connectivity index (χ0n) is 20.2. The molecule has 9 heteroatoms. The smallest absolute Gasteiger partial charge is 0.330 e. The summed E-state index contributed by atoms with van der Waals surface area (Å²) in [7, 11) is 0. The van der Waals surface area contributed by atoms with Crippen LogP contribution in [0.5, 0.6) is 0 Å². The summed E-state index contributed by atoms with van der Waals surface area (Å²) in [4.78, 5) is 50.1. The van der Waals surface area contributed by atoms with Gasteiger partial charge in [0.15, 0.2) is 5.65 Å². The number of para-hydroxylation sites is 2. The molecule has 0 bridgehead atoms. The van der Waals surface area contributed by atoms with Gasteiger partial charge in [-0.15, -0.1) is 0 Å². The molecule has 0 saturated carbocycles. The Morgan fingerprint density at radius 3 is 2.53 bits per heavy atom. The third-order valence-electron chi connectivity index (χ3n) is 5.82.